The molecule has 0 aromatic heterocycles. The Morgan fingerprint density at radius 3 is 2.27 bits per heavy atom. The number of nitrogens with zero attached hydrogens (tertiary/aromatic N) is 1. The second-order valence-electron chi connectivity index (χ2n) is 8.91. The molecule has 0 saturated carbocycles. The van der Waals surface area contributed by atoms with Gasteiger partial charge in [0, 0.05) is 12.1 Å². The van der Waals surface area contributed by atoms with Crippen LogP contribution in [0.5, 0.6) is 5.75 Å². The van der Waals surface area contributed by atoms with Gasteiger partial charge in [-0.15, -0.1) is 0 Å². The van der Waals surface area contributed by atoms with E-state index in [1.54, 1.807) is 11.8 Å². The number of benzene rings is 2. The highest BCUT2D eigenvalue weighted by Gasteiger charge is 2.28. The van der Waals surface area contributed by atoms with Gasteiger partial charge in [-0.05, 0) is 71.2 Å². The van der Waals surface area contributed by atoms with Crippen molar-refractivity contribution >= 4 is 11.8 Å². The van der Waals surface area contributed by atoms with Crippen LogP contribution in [0.15, 0.2) is 42.5 Å². The van der Waals surface area contributed by atoms with Crippen LogP contribution in [0.4, 0.5) is 0 Å². The number of nitrogens with one attached hydrogen (secondary N) is 1. The van der Waals surface area contributed by atoms with Gasteiger partial charge in [0.05, 0.1) is 0 Å². The number of rotatable bonds is 7. The second kappa shape index (κ2) is 9.79. The Morgan fingerprint density at radius 2 is 1.67 bits per heavy atom. The summed E-state index contributed by atoms with van der Waals surface area (Å²) in [5, 5.41) is 2.97. The van der Waals surface area contributed by atoms with Crippen molar-refractivity contribution in [1.82, 2.24) is 10.2 Å². The van der Waals surface area contributed by atoms with Gasteiger partial charge in [0.25, 0.3) is 5.91 Å². The zero-order chi connectivity index (χ0) is 22.5. The fraction of sp³-hybridized carbons (Fsp3) is 0.440. The Hall–Kier alpha value is -2.82. The molecule has 30 heavy (non-hydrogen) atoms. The summed E-state index contributed by atoms with van der Waals surface area (Å²) >= 11 is 0. The summed E-state index contributed by atoms with van der Waals surface area (Å²) in [7, 11) is 0. The zero-order valence-corrected chi connectivity index (χ0v) is 19.2. The lowest BCUT2D eigenvalue weighted by Crippen LogP contribution is -2.53. The molecule has 0 bridgehead atoms. The summed E-state index contributed by atoms with van der Waals surface area (Å²) < 4.78 is 5.83. The van der Waals surface area contributed by atoms with Gasteiger partial charge in [-0.3, -0.25) is 9.59 Å². The van der Waals surface area contributed by atoms with Gasteiger partial charge in [-0.2, -0.15) is 0 Å². The van der Waals surface area contributed by atoms with Crippen LogP contribution in [-0.2, 0) is 16.1 Å². The Labute approximate surface area is 180 Å². The van der Waals surface area contributed by atoms with Gasteiger partial charge in [0.2, 0.25) is 5.91 Å². The lowest BCUT2D eigenvalue weighted by Gasteiger charge is -2.31. The van der Waals surface area contributed by atoms with Crippen molar-refractivity contribution in [2.24, 2.45) is 0 Å². The number of amides is 2. The summed E-state index contributed by atoms with van der Waals surface area (Å²) in [4.78, 5) is 27.5. The number of hydrogen-bond acceptors (Lipinski definition) is 3. The maximum atomic E-state index is 13.1. The van der Waals surface area contributed by atoms with Crippen molar-refractivity contribution in [3.05, 3.63) is 64.7 Å². The third-order valence-corrected chi connectivity index (χ3v) is 5.05. The van der Waals surface area contributed by atoms with Crippen LogP contribution in [0, 0.1) is 20.8 Å². The molecular formula is C25H34N2O3. The molecule has 2 aromatic carbocycles. The first-order valence-electron chi connectivity index (χ1n) is 10.3. The Morgan fingerprint density at radius 1 is 1.03 bits per heavy atom. The standard InChI is InChI=1S/C25H34N2O3/c1-17-11-13-21(14-12-17)15-27(20(4)24(29)26-25(5,6)7)23(28)16-30-22-10-8-9-18(2)19(22)3/h8-14,20H,15-16H2,1-7H3,(H,26,29). The molecular weight excluding hydrogens is 376 g/mol. The van der Waals surface area contributed by atoms with Crippen molar-refractivity contribution in [3.63, 3.8) is 0 Å². The summed E-state index contributed by atoms with van der Waals surface area (Å²) in [6.45, 7) is 13.7. The molecule has 0 fully saturated rings. The second-order valence-corrected chi connectivity index (χ2v) is 8.91. The largest absolute Gasteiger partial charge is 0.483 e. The first kappa shape index (κ1) is 23.5. The predicted octanol–water partition coefficient (Wildman–Crippen LogP) is 4.32. The molecule has 2 rings (SSSR count). The van der Waals surface area contributed by atoms with Gasteiger partial charge in [-0.25, -0.2) is 0 Å². The van der Waals surface area contributed by atoms with E-state index in [0.29, 0.717) is 12.3 Å². The van der Waals surface area contributed by atoms with Crippen LogP contribution in [-0.4, -0.2) is 34.9 Å². The summed E-state index contributed by atoms with van der Waals surface area (Å²) in [5.74, 6) is 0.271. The molecule has 1 N–H and O–H groups in total. The van der Waals surface area contributed by atoms with Crippen molar-refractivity contribution in [2.75, 3.05) is 6.61 Å². The average Bonchev–Trinajstić information content (AvgIpc) is 2.66. The molecule has 0 aliphatic rings. The number of aryl methyl sites for hydroxylation is 2. The maximum Gasteiger partial charge on any atom is 0.261 e. The summed E-state index contributed by atoms with van der Waals surface area (Å²) in [5.41, 5.74) is 3.85. The summed E-state index contributed by atoms with van der Waals surface area (Å²) in [6, 6.07) is 13.1. The topological polar surface area (TPSA) is 58.6 Å². The minimum Gasteiger partial charge on any atom is -0.483 e. The molecule has 0 aliphatic heterocycles. The van der Waals surface area contributed by atoms with Crippen LogP contribution in [0.1, 0.15) is 49.9 Å². The Balaban J connectivity index is 2.20. The van der Waals surface area contributed by atoms with Crippen molar-refractivity contribution in [2.45, 2.75) is 66.6 Å². The van der Waals surface area contributed by atoms with Crippen LogP contribution >= 0.6 is 0 Å². The van der Waals surface area contributed by atoms with E-state index in [0.717, 1.165) is 22.3 Å². The molecule has 0 spiro atoms. The molecule has 162 valence electrons. The average molecular weight is 411 g/mol. The van der Waals surface area contributed by atoms with E-state index in [1.165, 1.54) is 0 Å². The highest BCUT2D eigenvalue weighted by molar-refractivity contribution is 5.88. The van der Waals surface area contributed by atoms with E-state index < -0.39 is 6.04 Å². The monoisotopic (exact) mass is 410 g/mol. The zero-order valence-electron chi connectivity index (χ0n) is 19.2. The van der Waals surface area contributed by atoms with E-state index in [4.69, 9.17) is 4.74 Å². The van der Waals surface area contributed by atoms with Gasteiger partial charge >= 0.3 is 0 Å². The molecule has 2 amide bonds. The lowest BCUT2D eigenvalue weighted by molar-refractivity contribution is -0.142. The van der Waals surface area contributed by atoms with Gasteiger partial charge in [-0.1, -0.05) is 42.0 Å². The molecule has 2 aromatic rings. The van der Waals surface area contributed by atoms with Crippen LogP contribution in [0.25, 0.3) is 0 Å². The molecule has 5 nitrogen and oxygen atoms in total. The minimum absolute atomic E-state index is 0.122. The molecule has 0 aliphatic carbocycles. The smallest absolute Gasteiger partial charge is 0.261 e. The molecule has 5 heteroatoms. The first-order chi connectivity index (χ1) is 14.0. The third-order valence-electron chi connectivity index (χ3n) is 5.05. The fourth-order valence-corrected chi connectivity index (χ4v) is 3.05. The van der Waals surface area contributed by atoms with E-state index in [-0.39, 0.29) is 24.0 Å². The number of ether oxygens (including phenoxy) is 1. The van der Waals surface area contributed by atoms with Crippen LogP contribution in [0.3, 0.4) is 0 Å². The number of hydrogen-bond donors (Lipinski definition) is 1. The normalized spacial score (nSPS) is 12.2. The number of carbonyl (C=O) groups excluding carboxylic acids is 2. The number of carbonyl (C=O) groups is 2. The van der Waals surface area contributed by atoms with E-state index >= 15 is 0 Å². The molecule has 0 heterocycles. The van der Waals surface area contributed by atoms with E-state index in [1.807, 2.05) is 84.0 Å². The van der Waals surface area contributed by atoms with Gasteiger partial charge < -0.3 is 15.0 Å². The molecule has 1 unspecified atom stereocenters. The molecule has 0 saturated heterocycles. The van der Waals surface area contributed by atoms with Crippen LogP contribution < -0.4 is 10.1 Å². The Bertz CT molecular complexity index is 882. The minimum atomic E-state index is -0.625. The van der Waals surface area contributed by atoms with E-state index in [2.05, 4.69) is 5.32 Å². The van der Waals surface area contributed by atoms with Gasteiger partial charge in [0.1, 0.15) is 11.8 Å². The van der Waals surface area contributed by atoms with Crippen LogP contribution in [0.2, 0.25) is 0 Å². The molecule has 0 radical (unpaired) electrons. The third kappa shape index (κ3) is 6.61. The highest BCUT2D eigenvalue weighted by atomic mass is 16.5. The first-order valence-corrected chi connectivity index (χ1v) is 10.3. The Kier molecular flexibility index (Phi) is 7.65. The molecule has 1 atom stereocenters. The van der Waals surface area contributed by atoms with E-state index in [9.17, 15) is 9.59 Å². The lowest BCUT2D eigenvalue weighted by atomic mass is 10.1. The predicted molar refractivity (Wildman–Crippen MR) is 120 cm³/mol. The van der Waals surface area contributed by atoms with Crippen molar-refractivity contribution in [3.8, 4) is 5.75 Å². The fourth-order valence-electron chi connectivity index (χ4n) is 3.05. The summed E-state index contributed by atoms with van der Waals surface area (Å²) in [6.07, 6.45) is 0. The SMILES string of the molecule is Cc1ccc(CN(C(=O)COc2cccc(C)c2C)C(C)C(=O)NC(C)(C)C)cc1. The van der Waals surface area contributed by atoms with Gasteiger partial charge in [0.15, 0.2) is 6.61 Å². The highest BCUT2D eigenvalue weighted by Crippen LogP contribution is 2.21. The van der Waals surface area contributed by atoms with Crippen molar-refractivity contribution < 1.29 is 14.3 Å². The maximum absolute atomic E-state index is 13.1. The quantitative estimate of drug-likeness (QED) is 0.739. The van der Waals surface area contributed by atoms with Crippen molar-refractivity contribution in [1.29, 1.82) is 0 Å².